The third-order valence-corrected chi connectivity index (χ3v) is 4.33. The molecule has 0 aliphatic rings. The minimum Gasteiger partial charge on any atom is -0.369 e. The van der Waals surface area contributed by atoms with E-state index in [1.165, 1.54) is 0 Å². The van der Waals surface area contributed by atoms with Crippen LogP contribution in [0.4, 0.5) is 5.69 Å². The molecule has 4 N–H and O–H groups in total. The Morgan fingerprint density at radius 1 is 0.839 bits per heavy atom. The summed E-state index contributed by atoms with van der Waals surface area (Å²) in [5.74, 6) is -0.403. The largest absolute Gasteiger partial charge is 0.369 e. The first-order chi connectivity index (χ1) is 15.0. The van der Waals surface area contributed by atoms with Crippen molar-refractivity contribution < 1.29 is 23.9 Å². The topological polar surface area (TPSA) is 120 Å². The number of amides is 2. The van der Waals surface area contributed by atoms with Crippen molar-refractivity contribution in [2.75, 3.05) is 44.8 Å². The van der Waals surface area contributed by atoms with Crippen molar-refractivity contribution in [1.82, 2.24) is 5.32 Å². The Morgan fingerprint density at radius 2 is 1.39 bits per heavy atom. The minimum absolute atomic E-state index is 0.0699. The van der Waals surface area contributed by atoms with Gasteiger partial charge in [0, 0.05) is 30.8 Å². The van der Waals surface area contributed by atoms with E-state index < -0.39 is 0 Å². The molecule has 0 aliphatic heterocycles. The zero-order chi connectivity index (χ0) is 22.5. The number of hydrogen-bond donors (Lipinski definition) is 3. The van der Waals surface area contributed by atoms with E-state index in [9.17, 15) is 14.4 Å². The van der Waals surface area contributed by atoms with Crippen molar-refractivity contribution in [2.24, 2.45) is 5.73 Å². The van der Waals surface area contributed by atoms with Crippen LogP contribution in [0.1, 0.15) is 23.7 Å². The van der Waals surface area contributed by atoms with Crippen LogP contribution in [0.2, 0.25) is 0 Å². The van der Waals surface area contributed by atoms with Crippen LogP contribution in [0.3, 0.4) is 0 Å². The van der Waals surface area contributed by atoms with Gasteiger partial charge in [0.1, 0.15) is 13.2 Å². The van der Waals surface area contributed by atoms with Gasteiger partial charge in [0.05, 0.1) is 13.2 Å². The highest BCUT2D eigenvalue weighted by atomic mass is 16.5. The second-order valence-corrected chi connectivity index (χ2v) is 6.72. The summed E-state index contributed by atoms with van der Waals surface area (Å²) >= 11 is 0. The highest BCUT2D eigenvalue weighted by Crippen LogP contribution is 2.22. The Morgan fingerprint density at radius 3 is 1.94 bits per heavy atom. The van der Waals surface area contributed by atoms with Gasteiger partial charge in [0.25, 0.3) is 0 Å². The van der Waals surface area contributed by atoms with Crippen LogP contribution in [0.15, 0.2) is 48.5 Å². The molecule has 0 bridgehead atoms. The molecule has 8 nitrogen and oxygen atoms in total. The molecule has 0 fully saturated rings. The maximum absolute atomic E-state index is 12.0. The average molecular weight is 428 g/mol. The number of carbonyl (C=O) groups excluding carboxylic acids is 3. The van der Waals surface area contributed by atoms with E-state index in [2.05, 4.69) is 10.6 Å². The maximum Gasteiger partial charge on any atom is 0.250 e. The summed E-state index contributed by atoms with van der Waals surface area (Å²) in [6, 6.07) is 14.9. The molecule has 2 aromatic rings. The van der Waals surface area contributed by atoms with Gasteiger partial charge in [-0.2, -0.15) is 0 Å². The van der Waals surface area contributed by atoms with Gasteiger partial charge in [-0.3, -0.25) is 14.4 Å². The van der Waals surface area contributed by atoms with Crippen molar-refractivity contribution in [3.8, 4) is 11.1 Å². The van der Waals surface area contributed by atoms with Crippen molar-refractivity contribution in [1.29, 1.82) is 0 Å². The number of anilines is 1. The van der Waals surface area contributed by atoms with Gasteiger partial charge in [-0.25, -0.2) is 0 Å². The first kappa shape index (κ1) is 24.2. The second-order valence-electron chi connectivity index (χ2n) is 6.72. The van der Waals surface area contributed by atoms with Gasteiger partial charge >= 0.3 is 0 Å². The molecular formula is C23H29N3O5. The molecule has 166 valence electrons. The molecular weight excluding hydrogens is 398 g/mol. The number of ether oxygens (including phenoxy) is 2. The molecule has 0 aliphatic carbocycles. The molecule has 0 spiro atoms. The molecule has 2 amide bonds. The van der Waals surface area contributed by atoms with E-state index in [-0.39, 0.29) is 44.0 Å². The lowest BCUT2D eigenvalue weighted by Gasteiger charge is -2.08. The molecule has 2 aromatic carbocycles. The van der Waals surface area contributed by atoms with Crippen LogP contribution < -0.4 is 16.4 Å². The summed E-state index contributed by atoms with van der Waals surface area (Å²) in [6.07, 6.45) is 0.483. The monoisotopic (exact) mass is 427 g/mol. The average Bonchev–Trinajstić information content (AvgIpc) is 2.80. The predicted molar refractivity (Wildman–Crippen MR) is 119 cm³/mol. The fourth-order valence-electron chi connectivity index (χ4n) is 2.71. The molecule has 0 radical (unpaired) electrons. The number of Topliss-reactive ketones (excluding diaryl/α,β-unsaturated/α-hetero) is 1. The van der Waals surface area contributed by atoms with Crippen molar-refractivity contribution in [3.05, 3.63) is 54.1 Å². The Labute approximate surface area is 182 Å². The van der Waals surface area contributed by atoms with E-state index in [0.29, 0.717) is 30.8 Å². The minimum atomic E-state index is -0.282. The Hall–Kier alpha value is -3.07. The molecule has 0 heterocycles. The van der Waals surface area contributed by atoms with Crippen LogP contribution in [0.25, 0.3) is 11.1 Å². The second kappa shape index (κ2) is 13.3. The fraction of sp³-hybridized carbons (Fsp3) is 0.348. The predicted octanol–water partition coefficient (Wildman–Crippen LogP) is 1.99. The van der Waals surface area contributed by atoms with E-state index in [0.717, 1.165) is 11.1 Å². The summed E-state index contributed by atoms with van der Waals surface area (Å²) in [7, 11) is 0. The lowest BCUT2D eigenvalue weighted by molar-refractivity contribution is -0.127. The summed E-state index contributed by atoms with van der Waals surface area (Å²) < 4.78 is 10.4. The van der Waals surface area contributed by atoms with Gasteiger partial charge < -0.3 is 25.8 Å². The van der Waals surface area contributed by atoms with Crippen molar-refractivity contribution >= 4 is 23.3 Å². The number of carbonyl (C=O) groups is 3. The molecule has 0 atom stereocenters. The lowest BCUT2D eigenvalue weighted by atomic mass is 10.0. The molecule has 0 saturated heterocycles. The van der Waals surface area contributed by atoms with Crippen LogP contribution in [0.5, 0.6) is 0 Å². The number of nitrogens with one attached hydrogen (secondary N) is 2. The molecule has 0 saturated carbocycles. The van der Waals surface area contributed by atoms with E-state index in [1.807, 2.05) is 43.3 Å². The van der Waals surface area contributed by atoms with E-state index in [4.69, 9.17) is 15.2 Å². The highest BCUT2D eigenvalue weighted by Gasteiger charge is 2.06. The number of rotatable bonds is 13. The van der Waals surface area contributed by atoms with E-state index >= 15 is 0 Å². The summed E-state index contributed by atoms with van der Waals surface area (Å²) in [5, 5.41) is 5.34. The zero-order valence-corrected chi connectivity index (χ0v) is 17.7. The molecule has 0 aromatic heterocycles. The Kier molecular flexibility index (Phi) is 10.4. The number of hydrogen-bond acceptors (Lipinski definition) is 6. The normalized spacial score (nSPS) is 10.5. The van der Waals surface area contributed by atoms with Crippen molar-refractivity contribution in [3.63, 3.8) is 0 Å². The number of benzene rings is 2. The lowest BCUT2D eigenvalue weighted by Crippen LogP contribution is -2.32. The molecule has 31 heavy (non-hydrogen) atoms. The Bertz CT molecular complexity index is 851. The van der Waals surface area contributed by atoms with Crippen LogP contribution in [0, 0.1) is 0 Å². The third-order valence-electron chi connectivity index (χ3n) is 4.33. The summed E-state index contributed by atoms with van der Waals surface area (Å²) in [6.45, 7) is 2.85. The van der Waals surface area contributed by atoms with Gasteiger partial charge in [0.15, 0.2) is 5.78 Å². The van der Waals surface area contributed by atoms with Crippen LogP contribution >= 0.6 is 0 Å². The molecule has 0 unspecified atom stereocenters. The van der Waals surface area contributed by atoms with Crippen molar-refractivity contribution in [2.45, 2.75) is 13.3 Å². The van der Waals surface area contributed by atoms with Gasteiger partial charge in [0.2, 0.25) is 11.8 Å². The SMILES string of the molecule is CCC(=O)c1ccc(-c2ccc(NC(=O)COCCOCC(=O)NCCN)cc2)cc1. The fourth-order valence-corrected chi connectivity index (χ4v) is 2.71. The highest BCUT2D eigenvalue weighted by molar-refractivity contribution is 5.96. The standard InChI is InChI=1S/C23H29N3O5/c1-2-21(27)19-5-3-17(4-6-19)18-7-9-20(10-8-18)26-23(29)16-31-14-13-30-15-22(28)25-12-11-24/h3-10H,2,11-16,24H2,1H3,(H,25,28)(H,26,29). The number of ketones is 1. The molecule has 2 rings (SSSR count). The zero-order valence-electron chi connectivity index (χ0n) is 17.7. The first-order valence-corrected chi connectivity index (χ1v) is 10.2. The van der Waals surface area contributed by atoms with Gasteiger partial charge in [-0.15, -0.1) is 0 Å². The van der Waals surface area contributed by atoms with Gasteiger partial charge in [-0.1, -0.05) is 43.3 Å². The smallest absolute Gasteiger partial charge is 0.250 e. The summed E-state index contributed by atoms with van der Waals surface area (Å²) in [5.41, 5.74) is 8.62. The van der Waals surface area contributed by atoms with E-state index in [1.54, 1.807) is 12.1 Å². The quantitative estimate of drug-likeness (QED) is 0.332. The van der Waals surface area contributed by atoms with Crippen LogP contribution in [-0.2, 0) is 19.1 Å². The summed E-state index contributed by atoms with van der Waals surface area (Å²) in [4.78, 5) is 35.0. The van der Waals surface area contributed by atoms with Crippen LogP contribution in [-0.4, -0.2) is 57.1 Å². The first-order valence-electron chi connectivity index (χ1n) is 10.2. The third kappa shape index (κ3) is 8.67. The maximum atomic E-state index is 12.0. The Balaban J connectivity index is 1.69. The molecule has 8 heteroatoms. The van der Waals surface area contributed by atoms with Gasteiger partial charge in [-0.05, 0) is 23.3 Å². The number of nitrogens with two attached hydrogens (primary N) is 1.